The van der Waals surface area contributed by atoms with Gasteiger partial charge in [0.1, 0.15) is 0 Å². The third-order valence-corrected chi connectivity index (χ3v) is 1.93. The Morgan fingerprint density at radius 1 is 1.20 bits per heavy atom. The third-order valence-electron chi connectivity index (χ3n) is 1.93. The molecule has 0 amide bonds. The first kappa shape index (κ1) is 9.71. The van der Waals surface area contributed by atoms with Crippen LogP contribution in [0.25, 0.3) is 10.9 Å². The first-order valence-corrected chi connectivity index (χ1v) is 4.85. The van der Waals surface area contributed by atoms with Crippen LogP contribution < -0.4 is 10.5 Å². The predicted molar refractivity (Wildman–Crippen MR) is 59.7 cm³/mol. The molecule has 0 bridgehead atoms. The number of fused-ring (bicyclic) bond motifs is 1. The van der Waals surface area contributed by atoms with Crippen LogP contribution in [0.3, 0.4) is 0 Å². The van der Waals surface area contributed by atoms with Gasteiger partial charge in [-0.1, -0.05) is 12.1 Å². The van der Waals surface area contributed by atoms with Gasteiger partial charge in [0.15, 0.2) is 0 Å². The van der Waals surface area contributed by atoms with E-state index in [0.29, 0.717) is 5.88 Å². The lowest BCUT2D eigenvalue weighted by Gasteiger charge is -2.11. The second-order valence-electron chi connectivity index (χ2n) is 3.57. The first-order chi connectivity index (χ1) is 7.16. The van der Waals surface area contributed by atoms with Gasteiger partial charge in [-0.15, -0.1) is 0 Å². The van der Waals surface area contributed by atoms with Gasteiger partial charge >= 0.3 is 0 Å². The Balaban J connectivity index is 2.60. The van der Waals surface area contributed by atoms with E-state index in [0.717, 1.165) is 10.9 Å². The Hall–Kier alpha value is -1.84. The molecule has 0 spiro atoms. The number of hydrogen-bond acceptors (Lipinski definition) is 4. The average Bonchev–Trinajstić information content (AvgIpc) is 2.16. The molecule has 4 heteroatoms. The number of aromatic nitrogens is 2. The Kier molecular flexibility index (Phi) is 2.41. The fraction of sp³-hybridized carbons (Fsp3) is 0.273. The maximum absolute atomic E-state index is 5.60. The van der Waals surface area contributed by atoms with E-state index in [1.165, 1.54) is 0 Å². The number of nitrogen functional groups attached to an aromatic ring is 1. The summed E-state index contributed by atoms with van der Waals surface area (Å²) in [6, 6.07) is 7.65. The normalized spacial score (nSPS) is 10.9. The third kappa shape index (κ3) is 1.98. The van der Waals surface area contributed by atoms with Crippen molar-refractivity contribution in [2.45, 2.75) is 20.0 Å². The molecule has 0 atom stereocenters. The molecule has 0 saturated heterocycles. The molecule has 0 radical (unpaired) electrons. The van der Waals surface area contributed by atoms with Crippen LogP contribution in [0.15, 0.2) is 24.3 Å². The number of benzene rings is 1. The molecule has 0 saturated carbocycles. The number of hydrogen-bond donors (Lipinski definition) is 1. The Labute approximate surface area is 88.1 Å². The van der Waals surface area contributed by atoms with Gasteiger partial charge in [-0.05, 0) is 26.0 Å². The molecule has 78 valence electrons. The monoisotopic (exact) mass is 203 g/mol. The summed E-state index contributed by atoms with van der Waals surface area (Å²) in [4.78, 5) is 8.22. The molecule has 15 heavy (non-hydrogen) atoms. The van der Waals surface area contributed by atoms with Crippen molar-refractivity contribution in [1.29, 1.82) is 0 Å². The lowest BCUT2D eigenvalue weighted by Crippen LogP contribution is -2.09. The second-order valence-corrected chi connectivity index (χ2v) is 3.57. The Morgan fingerprint density at radius 2 is 1.93 bits per heavy atom. The Morgan fingerprint density at radius 3 is 2.67 bits per heavy atom. The molecule has 2 N–H and O–H groups in total. The van der Waals surface area contributed by atoms with E-state index >= 15 is 0 Å². The average molecular weight is 203 g/mol. The lowest BCUT2D eigenvalue weighted by molar-refractivity contribution is 0.236. The van der Waals surface area contributed by atoms with Gasteiger partial charge in [0, 0.05) is 0 Å². The fourth-order valence-electron chi connectivity index (χ4n) is 1.38. The van der Waals surface area contributed by atoms with E-state index in [1.807, 2.05) is 38.1 Å². The second kappa shape index (κ2) is 3.73. The molecule has 0 aliphatic heterocycles. The van der Waals surface area contributed by atoms with Gasteiger partial charge in [0.25, 0.3) is 0 Å². The quantitative estimate of drug-likeness (QED) is 0.810. The predicted octanol–water partition coefficient (Wildman–Crippen LogP) is 2.00. The number of nitrogens with zero attached hydrogens (tertiary/aromatic N) is 2. The molecule has 0 aliphatic rings. The van der Waals surface area contributed by atoms with Crippen molar-refractivity contribution in [3.05, 3.63) is 24.3 Å². The molecule has 0 aliphatic carbocycles. The largest absolute Gasteiger partial charge is 0.474 e. The van der Waals surface area contributed by atoms with Crippen LogP contribution in [-0.2, 0) is 0 Å². The van der Waals surface area contributed by atoms with Gasteiger partial charge in [-0.2, -0.15) is 4.98 Å². The van der Waals surface area contributed by atoms with Crippen LogP contribution in [0.5, 0.6) is 5.88 Å². The fourth-order valence-corrected chi connectivity index (χ4v) is 1.38. The molecule has 0 fully saturated rings. The maximum atomic E-state index is 5.60. The summed E-state index contributed by atoms with van der Waals surface area (Å²) in [6.45, 7) is 3.90. The van der Waals surface area contributed by atoms with Crippen molar-refractivity contribution >= 4 is 16.9 Å². The van der Waals surface area contributed by atoms with E-state index in [9.17, 15) is 0 Å². The SMILES string of the molecule is CC(C)Oc1nc(N)nc2ccccc12. The minimum atomic E-state index is 0.0720. The molecule has 4 nitrogen and oxygen atoms in total. The molecule has 2 rings (SSSR count). The van der Waals surface area contributed by atoms with Crippen LogP contribution in [-0.4, -0.2) is 16.1 Å². The molecule has 1 aromatic heterocycles. The summed E-state index contributed by atoms with van der Waals surface area (Å²) in [5.41, 5.74) is 6.40. The molecular formula is C11H13N3O. The van der Waals surface area contributed by atoms with Crippen molar-refractivity contribution in [3.8, 4) is 5.88 Å². The van der Waals surface area contributed by atoms with Crippen LogP contribution in [0.4, 0.5) is 5.95 Å². The zero-order chi connectivity index (χ0) is 10.8. The number of anilines is 1. The minimum absolute atomic E-state index is 0.0720. The standard InChI is InChI=1S/C11H13N3O/c1-7(2)15-10-8-5-3-4-6-9(8)13-11(12)14-10/h3-7H,1-2H3,(H2,12,13,14). The van der Waals surface area contributed by atoms with Gasteiger partial charge in [0.05, 0.1) is 17.0 Å². The highest BCUT2D eigenvalue weighted by atomic mass is 16.5. The zero-order valence-corrected chi connectivity index (χ0v) is 8.77. The number of ether oxygens (including phenoxy) is 1. The molecule has 1 aromatic carbocycles. The van der Waals surface area contributed by atoms with Crippen molar-refractivity contribution < 1.29 is 4.74 Å². The summed E-state index contributed by atoms with van der Waals surface area (Å²) in [5, 5.41) is 0.889. The highest BCUT2D eigenvalue weighted by Gasteiger charge is 2.07. The summed E-state index contributed by atoms with van der Waals surface area (Å²) < 4.78 is 5.58. The molecule has 2 aromatic rings. The highest BCUT2D eigenvalue weighted by Crippen LogP contribution is 2.23. The van der Waals surface area contributed by atoms with Gasteiger partial charge < -0.3 is 10.5 Å². The summed E-state index contributed by atoms with van der Waals surface area (Å²) in [7, 11) is 0. The van der Waals surface area contributed by atoms with E-state index in [2.05, 4.69) is 9.97 Å². The summed E-state index contributed by atoms with van der Waals surface area (Å²) >= 11 is 0. The number of rotatable bonds is 2. The van der Waals surface area contributed by atoms with Crippen molar-refractivity contribution in [3.63, 3.8) is 0 Å². The molecular weight excluding hydrogens is 190 g/mol. The van der Waals surface area contributed by atoms with Crippen LogP contribution in [0, 0.1) is 0 Å². The van der Waals surface area contributed by atoms with Crippen molar-refractivity contribution in [2.75, 3.05) is 5.73 Å². The first-order valence-electron chi connectivity index (χ1n) is 4.85. The maximum Gasteiger partial charge on any atom is 0.226 e. The van der Waals surface area contributed by atoms with Gasteiger partial charge in [-0.25, -0.2) is 4.98 Å². The molecule has 0 unspecified atom stereocenters. The van der Waals surface area contributed by atoms with E-state index in [-0.39, 0.29) is 12.1 Å². The topological polar surface area (TPSA) is 61.0 Å². The molecule has 1 heterocycles. The van der Waals surface area contributed by atoms with Gasteiger partial charge in [0.2, 0.25) is 11.8 Å². The van der Waals surface area contributed by atoms with Gasteiger partial charge in [-0.3, -0.25) is 0 Å². The summed E-state index contributed by atoms with van der Waals surface area (Å²) in [5.74, 6) is 0.789. The Bertz CT molecular complexity index is 482. The van der Waals surface area contributed by atoms with E-state index in [4.69, 9.17) is 10.5 Å². The lowest BCUT2D eigenvalue weighted by atomic mass is 10.2. The smallest absolute Gasteiger partial charge is 0.226 e. The number of nitrogens with two attached hydrogens (primary N) is 1. The van der Waals surface area contributed by atoms with Crippen molar-refractivity contribution in [2.24, 2.45) is 0 Å². The van der Waals surface area contributed by atoms with Crippen LogP contribution >= 0.6 is 0 Å². The van der Waals surface area contributed by atoms with E-state index in [1.54, 1.807) is 0 Å². The van der Waals surface area contributed by atoms with Crippen LogP contribution in [0.1, 0.15) is 13.8 Å². The summed E-state index contributed by atoms with van der Waals surface area (Å²) in [6.07, 6.45) is 0.0720. The number of para-hydroxylation sites is 1. The van der Waals surface area contributed by atoms with Crippen LogP contribution in [0.2, 0.25) is 0 Å². The van der Waals surface area contributed by atoms with Crippen molar-refractivity contribution in [1.82, 2.24) is 9.97 Å². The highest BCUT2D eigenvalue weighted by molar-refractivity contribution is 5.84. The zero-order valence-electron chi connectivity index (χ0n) is 8.77. The minimum Gasteiger partial charge on any atom is -0.474 e. The van der Waals surface area contributed by atoms with E-state index < -0.39 is 0 Å².